The first-order chi connectivity index (χ1) is 10.1. The molecule has 4 nitrogen and oxygen atoms in total. The van der Waals surface area contributed by atoms with Gasteiger partial charge in [0.1, 0.15) is 5.75 Å². The van der Waals surface area contributed by atoms with Crippen LogP contribution >= 0.6 is 0 Å². The number of carbonyl (C=O) groups excluding carboxylic acids is 1. The van der Waals surface area contributed by atoms with E-state index in [1.165, 1.54) is 32.1 Å². The van der Waals surface area contributed by atoms with E-state index in [0.29, 0.717) is 5.92 Å². The predicted octanol–water partition coefficient (Wildman–Crippen LogP) is 3.24. The predicted molar refractivity (Wildman–Crippen MR) is 85.5 cm³/mol. The molecule has 0 radical (unpaired) electrons. The molecular weight excluding hydrogens is 264 g/mol. The summed E-state index contributed by atoms with van der Waals surface area (Å²) >= 11 is 0. The molecule has 1 aliphatic rings. The second-order valence-corrected chi connectivity index (χ2v) is 6.02. The van der Waals surface area contributed by atoms with Crippen LogP contribution in [0.2, 0.25) is 0 Å². The van der Waals surface area contributed by atoms with Gasteiger partial charge in [0, 0.05) is 5.69 Å². The summed E-state index contributed by atoms with van der Waals surface area (Å²) in [6.45, 7) is 1.95. The summed E-state index contributed by atoms with van der Waals surface area (Å²) in [5.41, 5.74) is 7.85. The fourth-order valence-electron chi connectivity index (χ4n) is 3.02. The fraction of sp³-hybridized carbons (Fsp3) is 0.588. The van der Waals surface area contributed by atoms with Gasteiger partial charge in [-0.15, -0.1) is 0 Å². The van der Waals surface area contributed by atoms with Crippen molar-refractivity contribution in [2.75, 3.05) is 12.4 Å². The van der Waals surface area contributed by atoms with Crippen LogP contribution in [0.25, 0.3) is 0 Å². The number of hydrogen-bond donors (Lipinski definition) is 2. The number of carbonyl (C=O) groups is 1. The van der Waals surface area contributed by atoms with Gasteiger partial charge in [0.25, 0.3) is 0 Å². The fourth-order valence-corrected chi connectivity index (χ4v) is 3.02. The number of nitrogens with one attached hydrogen (secondary N) is 1. The molecule has 1 fully saturated rings. The third-order valence-electron chi connectivity index (χ3n) is 4.34. The van der Waals surface area contributed by atoms with Gasteiger partial charge in [-0.1, -0.05) is 32.1 Å². The monoisotopic (exact) mass is 290 g/mol. The van der Waals surface area contributed by atoms with Crippen LogP contribution in [0.3, 0.4) is 0 Å². The van der Waals surface area contributed by atoms with Gasteiger partial charge >= 0.3 is 0 Å². The highest BCUT2D eigenvalue weighted by atomic mass is 16.5. The van der Waals surface area contributed by atoms with E-state index in [1.54, 1.807) is 7.11 Å². The van der Waals surface area contributed by atoms with Crippen LogP contribution in [0.15, 0.2) is 18.2 Å². The van der Waals surface area contributed by atoms with Crippen molar-refractivity contribution in [1.29, 1.82) is 0 Å². The maximum atomic E-state index is 12.2. The molecule has 21 heavy (non-hydrogen) atoms. The van der Waals surface area contributed by atoms with Crippen molar-refractivity contribution in [2.45, 2.75) is 51.5 Å². The Morgan fingerprint density at radius 1 is 1.38 bits per heavy atom. The van der Waals surface area contributed by atoms with Crippen LogP contribution in [0.4, 0.5) is 5.69 Å². The molecule has 0 saturated heterocycles. The van der Waals surface area contributed by atoms with E-state index < -0.39 is 6.04 Å². The SMILES string of the molecule is COc1ccc(NC(=O)C(N)CC2CCCCC2)c(C)c1. The van der Waals surface area contributed by atoms with Gasteiger partial charge in [0.15, 0.2) is 0 Å². The number of benzene rings is 1. The lowest BCUT2D eigenvalue weighted by Gasteiger charge is -2.24. The van der Waals surface area contributed by atoms with E-state index in [1.807, 2.05) is 25.1 Å². The summed E-state index contributed by atoms with van der Waals surface area (Å²) in [5, 5.41) is 2.93. The quantitative estimate of drug-likeness (QED) is 0.875. The Morgan fingerprint density at radius 2 is 2.10 bits per heavy atom. The van der Waals surface area contributed by atoms with Crippen LogP contribution in [-0.2, 0) is 4.79 Å². The van der Waals surface area contributed by atoms with Crippen molar-refractivity contribution < 1.29 is 9.53 Å². The Labute approximate surface area is 127 Å². The van der Waals surface area contributed by atoms with Crippen molar-refractivity contribution in [2.24, 2.45) is 11.7 Å². The number of ether oxygens (including phenoxy) is 1. The van der Waals surface area contributed by atoms with Gasteiger partial charge in [-0.25, -0.2) is 0 Å². The number of aryl methyl sites for hydroxylation is 1. The second-order valence-electron chi connectivity index (χ2n) is 6.02. The van der Waals surface area contributed by atoms with Crippen molar-refractivity contribution in [3.05, 3.63) is 23.8 Å². The molecule has 1 aromatic rings. The molecule has 3 N–H and O–H groups in total. The molecule has 2 rings (SSSR count). The first-order valence-corrected chi connectivity index (χ1v) is 7.81. The zero-order valence-electron chi connectivity index (χ0n) is 13.0. The van der Waals surface area contributed by atoms with E-state index in [4.69, 9.17) is 10.5 Å². The molecule has 1 amide bonds. The number of methoxy groups -OCH3 is 1. The van der Waals surface area contributed by atoms with Crippen molar-refractivity contribution in [3.63, 3.8) is 0 Å². The Balaban J connectivity index is 1.90. The zero-order valence-corrected chi connectivity index (χ0v) is 13.0. The first kappa shape index (κ1) is 15.8. The highest BCUT2D eigenvalue weighted by Crippen LogP contribution is 2.27. The summed E-state index contributed by atoms with van der Waals surface area (Å²) in [5.74, 6) is 1.31. The number of anilines is 1. The molecule has 1 saturated carbocycles. The van der Waals surface area contributed by atoms with Gasteiger partial charge in [0.2, 0.25) is 5.91 Å². The van der Waals surface area contributed by atoms with Crippen LogP contribution in [0, 0.1) is 12.8 Å². The minimum Gasteiger partial charge on any atom is -0.497 e. The van der Waals surface area contributed by atoms with E-state index in [2.05, 4.69) is 5.32 Å². The third kappa shape index (κ3) is 4.46. The minimum atomic E-state index is -0.422. The van der Waals surface area contributed by atoms with E-state index in [-0.39, 0.29) is 5.91 Å². The number of rotatable bonds is 5. The lowest BCUT2D eigenvalue weighted by Crippen LogP contribution is -2.37. The van der Waals surface area contributed by atoms with Crippen molar-refractivity contribution >= 4 is 11.6 Å². The largest absolute Gasteiger partial charge is 0.497 e. The van der Waals surface area contributed by atoms with Crippen molar-refractivity contribution in [3.8, 4) is 5.75 Å². The summed E-state index contributed by atoms with van der Waals surface area (Å²) in [6, 6.07) is 5.19. The molecule has 116 valence electrons. The number of amides is 1. The van der Waals surface area contributed by atoms with Crippen LogP contribution in [0.1, 0.15) is 44.1 Å². The summed E-state index contributed by atoms with van der Waals surface area (Å²) < 4.78 is 5.17. The Morgan fingerprint density at radius 3 is 2.71 bits per heavy atom. The highest BCUT2D eigenvalue weighted by molar-refractivity contribution is 5.95. The molecule has 1 atom stereocenters. The maximum absolute atomic E-state index is 12.2. The summed E-state index contributed by atoms with van der Waals surface area (Å²) in [7, 11) is 1.63. The number of nitrogens with two attached hydrogens (primary N) is 1. The molecule has 1 aliphatic carbocycles. The zero-order chi connectivity index (χ0) is 15.2. The van der Waals surface area contributed by atoms with Gasteiger partial charge in [0.05, 0.1) is 13.2 Å². The molecule has 0 bridgehead atoms. The molecular formula is C17H26N2O2. The Bertz CT molecular complexity index is 482. The van der Waals surface area contributed by atoms with Gasteiger partial charge < -0.3 is 15.8 Å². The Kier molecular flexibility index (Phi) is 5.62. The van der Waals surface area contributed by atoms with E-state index >= 15 is 0 Å². The Hall–Kier alpha value is -1.55. The minimum absolute atomic E-state index is 0.0890. The normalized spacial score (nSPS) is 17.3. The number of hydrogen-bond acceptors (Lipinski definition) is 3. The molecule has 0 heterocycles. The first-order valence-electron chi connectivity index (χ1n) is 7.81. The molecule has 1 unspecified atom stereocenters. The topological polar surface area (TPSA) is 64.3 Å². The lowest BCUT2D eigenvalue weighted by molar-refractivity contribution is -0.117. The maximum Gasteiger partial charge on any atom is 0.241 e. The van der Waals surface area contributed by atoms with Crippen LogP contribution in [0.5, 0.6) is 5.75 Å². The highest BCUT2D eigenvalue weighted by Gasteiger charge is 2.21. The lowest BCUT2D eigenvalue weighted by atomic mass is 9.85. The molecule has 0 aliphatic heterocycles. The average Bonchev–Trinajstić information content (AvgIpc) is 2.50. The van der Waals surface area contributed by atoms with Crippen LogP contribution < -0.4 is 15.8 Å². The summed E-state index contributed by atoms with van der Waals surface area (Å²) in [6.07, 6.45) is 7.09. The molecule has 0 aromatic heterocycles. The molecule has 0 spiro atoms. The van der Waals surface area contributed by atoms with Crippen LogP contribution in [-0.4, -0.2) is 19.1 Å². The van der Waals surface area contributed by atoms with Gasteiger partial charge in [-0.2, -0.15) is 0 Å². The molecule has 1 aromatic carbocycles. The van der Waals surface area contributed by atoms with E-state index in [0.717, 1.165) is 23.4 Å². The average molecular weight is 290 g/mol. The standard InChI is InChI=1S/C17H26N2O2/c1-12-10-14(21-2)8-9-16(12)19-17(20)15(18)11-13-6-4-3-5-7-13/h8-10,13,15H,3-7,11,18H2,1-2H3,(H,19,20). The smallest absolute Gasteiger partial charge is 0.241 e. The third-order valence-corrected chi connectivity index (χ3v) is 4.34. The van der Waals surface area contributed by atoms with Crippen molar-refractivity contribution in [1.82, 2.24) is 0 Å². The van der Waals surface area contributed by atoms with Gasteiger partial charge in [-0.3, -0.25) is 4.79 Å². The molecule has 4 heteroatoms. The second kappa shape index (κ2) is 7.46. The van der Waals surface area contributed by atoms with E-state index in [9.17, 15) is 4.79 Å². The van der Waals surface area contributed by atoms with Gasteiger partial charge in [-0.05, 0) is 43.0 Å². The summed E-state index contributed by atoms with van der Waals surface area (Å²) in [4.78, 5) is 12.2.